The highest BCUT2D eigenvalue weighted by Gasteiger charge is 2.26. The second-order valence-corrected chi connectivity index (χ2v) is 7.61. The average molecular weight is 402 g/mol. The molecule has 2 unspecified atom stereocenters. The molecule has 1 aromatic heterocycles. The van der Waals surface area contributed by atoms with Crippen molar-refractivity contribution in [1.29, 1.82) is 0 Å². The lowest BCUT2D eigenvalue weighted by Gasteiger charge is -2.14. The molecule has 0 radical (unpaired) electrons. The minimum Gasteiger partial charge on any atom is -0.394 e. The van der Waals surface area contributed by atoms with Crippen LogP contribution in [-0.2, 0) is 17.6 Å². The summed E-state index contributed by atoms with van der Waals surface area (Å²) in [5.41, 5.74) is 6.09. The van der Waals surface area contributed by atoms with E-state index in [-0.39, 0.29) is 18.8 Å². The fraction of sp³-hybridized carbons (Fsp3) is 0.320. The van der Waals surface area contributed by atoms with Crippen LogP contribution in [0.5, 0.6) is 0 Å². The first-order valence-electron chi connectivity index (χ1n) is 10.5. The Morgan fingerprint density at radius 2 is 1.73 bits per heavy atom. The van der Waals surface area contributed by atoms with Crippen molar-refractivity contribution in [2.45, 2.75) is 44.8 Å². The number of aliphatic imine (C=N–C) groups is 1. The van der Waals surface area contributed by atoms with Crippen LogP contribution in [0.25, 0.3) is 11.3 Å². The van der Waals surface area contributed by atoms with Gasteiger partial charge < -0.3 is 9.84 Å². The molecule has 1 N–H and O–H groups in total. The van der Waals surface area contributed by atoms with Crippen LogP contribution >= 0.6 is 0 Å². The number of aliphatic hydroxyl groups is 1. The molecule has 0 aliphatic carbocycles. The maximum absolute atomic E-state index is 9.32. The van der Waals surface area contributed by atoms with Crippen LogP contribution in [0.1, 0.15) is 36.6 Å². The van der Waals surface area contributed by atoms with Gasteiger partial charge in [0.15, 0.2) is 0 Å². The van der Waals surface area contributed by atoms with Gasteiger partial charge in [-0.1, -0.05) is 54.6 Å². The number of aromatic nitrogens is 2. The molecule has 0 amide bonds. The third-order valence-electron chi connectivity index (χ3n) is 5.45. The van der Waals surface area contributed by atoms with Crippen LogP contribution < -0.4 is 0 Å². The SMILES string of the molecule is CC=Nc1c(CC2CCC(CO)O2)ncnc1-c1ccc(Cc2ccccc2)cc1. The summed E-state index contributed by atoms with van der Waals surface area (Å²) in [5.74, 6) is 0. The smallest absolute Gasteiger partial charge is 0.116 e. The predicted octanol–water partition coefficient (Wildman–Crippen LogP) is 4.54. The van der Waals surface area contributed by atoms with Gasteiger partial charge in [0.2, 0.25) is 0 Å². The Morgan fingerprint density at radius 3 is 2.43 bits per heavy atom. The second kappa shape index (κ2) is 9.74. The van der Waals surface area contributed by atoms with E-state index in [0.29, 0.717) is 6.42 Å². The van der Waals surface area contributed by atoms with Crippen LogP contribution in [0, 0.1) is 0 Å². The highest BCUT2D eigenvalue weighted by Crippen LogP contribution is 2.33. The van der Waals surface area contributed by atoms with Crippen LogP contribution in [-0.4, -0.2) is 40.1 Å². The molecular formula is C25H27N3O2. The molecule has 2 heterocycles. The first-order valence-corrected chi connectivity index (χ1v) is 10.5. The molecule has 2 aromatic carbocycles. The van der Waals surface area contributed by atoms with E-state index in [1.165, 1.54) is 11.1 Å². The first-order chi connectivity index (χ1) is 14.8. The van der Waals surface area contributed by atoms with Gasteiger partial charge in [-0.25, -0.2) is 9.97 Å². The summed E-state index contributed by atoms with van der Waals surface area (Å²) in [6.45, 7) is 1.97. The average Bonchev–Trinajstić information content (AvgIpc) is 3.24. The number of aliphatic hydroxyl groups excluding tert-OH is 1. The van der Waals surface area contributed by atoms with Crippen molar-refractivity contribution in [2.24, 2.45) is 4.99 Å². The minimum atomic E-state index is -0.0633. The Bertz CT molecular complexity index is 987. The van der Waals surface area contributed by atoms with Crippen molar-refractivity contribution in [2.75, 3.05) is 6.61 Å². The number of benzene rings is 2. The van der Waals surface area contributed by atoms with E-state index >= 15 is 0 Å². The van der Waals surface area contributed by atoms with Gasteiger partial charge in [-0.3, -0.25) is 4.99 Å². The molecule has 3 aromatic rings. The van der Waals surface area contributed by atoms with E-state index in [9.17, 15) is 5.11 Å². The predicted molar refractivity (Wildman–Crippen MR) is 119 cm³/mol. The Hall–Kier alpha value is -2.89. The number of rotatable bonds is 7. The summed E-state index contributed by atoms with van der Waals surface area (Å²) >= 11 is 0. The number of nitrogens with zero attached hydrogens (tertiary/aromatic N) is 3. The number of hydrogen-bond donors (Lipinski definition) is 1. The number of hydrogen-bond acceptors (Lipinski definition) is 5. The fourth-order valence-electron chi connectivity index (χ4n) is 3.93. The molecule has 30 heavy (non-hydrogen) atoms. The van der Waals surface area contributed by atoms with E-state index in [2.05, 4.69) is 63.5 Å². The molecule has 5 nitrogen and oxygen atoms in total. The summed E-state index contributed by atoms with van der Waals surface area (Å²) in [7, 11) is 0. The van der Waals surface area contributed by atoms with E-state index < -0.39 is 0 Å². The third-order valence-corrected chi connectivity index (χ3v) is 5.45. The lowest BCUT2D eigenvalue weighted by atomic mass is 10.0. The van der Waals surface area contributed by atoms with Crippen LogP contribution in [0.2, 0.25) is 0 Å². The van der Waals surface area contributed by atoms with Crippen molar-refractivity contribution in [3.8, 4) is 11.3 Å². The molecule has 1 saturated heterocycles. The molecule has 4 rings (SSSR count). The number of ether oxygens (including phenoxy) is 1. The van der Waals surface area contributed by atoms with E-state index in [1.54, 1.807) is 12.5 Å². The van der Waals surface area contributed by atoms with Crippen molar-refractivity contribution >= 4 is 11.9 Å². The molecule has 1 fully saturated rings. The molecule has 1 aliphatic heterocycles. The van der Waals surface area contributed by atoms with Gasteiger partial charge in [0.05, 0.1) is 30.2 Å². The van der Waals surface area contributed by atoms with Gasteiger partial charge >= 0.3 is 0 Å². The zero-order valence-electron chi connectivity index (χ0n) is 17.2. The standard InChI is InChI=1S/C25H27N3O2/c1-2-26-25-23(15-21-12-13-22(16-29)30-21)27-17-28-24(25)20-10-8-19(9-11-20)14-18-6-4-3-5-7-18/h2-11,17,21-22,29H,12-16H2,1H3. The normalized spacial score (nSPS) is 18.9. The van der Waals surface area contributed by atoms with Gasteiger partial charge in [0.25, 0.3) is 0 Å². The quantitative estimate of drug-likeness (QED) is 0.590. The zero-order valence-corrected chi connectivity index (χ0v) is 17.2. The van der Waals surface area contributed by atoms with Crippen molar-refractivity contribution in [1.82, 2.24) is 9.97 Å². The van der Waals surface area contributed by atoms with Crippen molar-refractivity contribution < 1.29 is 9.84 Å². The monoisotopic (exact) mass is 401 g/mol. The Balaban J connectivity index is 1.57. The van der Waals surface area contributed by atoms with E-state index in [4.69, 9.17) is 4.74 Å². The fourth-order valence-corrected chi connectivity index (χ4v) is 3.93. The summed E-state index contributed by atoms with van der Waals surface area (Å²) < 4.78 is 5.90. The Labute approximate surface area is 177 Å². The van der Waals surface area contributed by atoms with E-state index in [0.717, 1.165) is 41.9 Å². The maximum Gasteiger partial charge on any atom is 0.116 e. The summed E-state index contributed by atoms with van der Waals surface area (Å²) in [6, 6.07) is 19.0. The second-order valence-electron chi connectivity index (χ2n) is 7.61. The first kappa shape index (κ1) is 20.4. The lowest BCUT2D eigenvalue weighted by molar-refractivity contribution is 0.0119. The summed E-state index contributed by atoms with van der Waals surface area (Å²) in [6.07, 6.45) is 6.77. The van der Waals surface area contributed by atoms with Gasteiger partial charge in [-0.2, -0.15) is 0 Å². The topological polar surface area (TPSA) is 67.6 Å². The largest absolute Gasteiger partial charge is 0.394 e. The Morgan fingerprint density at radius 1 is 1.00 bits per heavy atom. The molecule has 1 aliphatic rings. The van der Waals surface area contributed by atoms with Gasteiger partial charge in [0, 0.05) is 18.2 Å². The van der Waals surface area contributed by atoms with Crippen molar-refractivity contribution in [3.63, 3.8) is 0 Å². The molecule has 0 spiro atoms. The summed E-state index contributed by atoms with van der Waals surface area (Å²) in [4.78, 5) is 13.6. The van der Waals surface area contributed by atoms with Gasteiger partial charge in [-0.15, -0.1) is 0 Å². The molecule has 0 bridgehead atoms. The third kappa shape index (κ3) is 4.81. The highest BCUT2D eigenvalue weighted by molar-refractivity contribution is 5.77. The maximum atomic E-state index is 9.32. The van der Waals surface area contributed by atoms with Gasteiger partial charge in [-0.05, 0) is 37.3 Å². The molecule has 5 heteroatoms. The molecule has 0 saturated carbocycles. The lowest BCUT2D eigenvalue weighted by Crippen LogP contribution is -2.17. The molecule has 2 atom stereocenters. The van der Waals surface area contributed by atoms with Gasteiger partial charge in [0.1, 0.15) is 12.0 Å². The van der Waals surface area contributed by atoms with Crippen LogP contribution in [0.4, 0.5) is 5.69 Å². The zero-order chi connectivity index (χ0) is 20.8. The van der Waals surface area contributed by atoms with Crippen LogP contribution in [0.15, 0.2) is 65.9 Å². The molecule has 154 valence electrons. The van der Waals surface area contributed by atoms with E-state index in [1.807, 2.05) is 13.0 Å². The van der Waals surface area contributed by atoms with Crippen molar-refractivity contribution in [3.05, 3.63) is 77.7 Å². The molecular weight excluding hydrogens is 374 g/mol. The Kier molecular flexibility index (Phi) is 6.62. The minimum absolute atomic E-state index is 0.0592. The summed E-state index contributed by atoms with van der Waals surface area (Å²) in [5, 5.41) is 9.32. The van der Waals surface area contributed by atoms with Crippen LogP contribution in [0.3, 0.4) is 0 Å². The highest BCUT2D eigenvalue weighted by atomic mass is 16.5.